The second kappa shape index (κ2) is 4.71. The largest absolute Gasteiger partial charge is 0.441 e. The predicted octanol–water partition coefficient (Wildman–Crippen LogP) is 2.24. The molecule has 0 saturated carbocycles. The summed E-state index contributed by atoms with van der Waals surface area (Å²) in [5, 5.41) is 3.92. The lowest BCUT2D eigenvalue weighted by molar-refractivity contribution is 0.374. The fourth-order valence-corrected chi connectivity index (χ4v) is 1.82. The van der Waals surface area contributed by atoms with Crippen molar-refractivity contribution in [1.29, 1.82) is 0 Å². The maximum Gasteiger partial charge on any atom is 0.441 e. The Morgan fingerprint density at radius 3 is 2.94 bits per heavy atom. The zero-order valence-electron chi connectivity index (χ0n) is 9.11. The van der Waals surface area contributed by atoms with Crippen LogP contribution in [0.25, 0.3) is 0 Å². The van der Waals surface area contributed by atoms with E-state index in [1.165, 1.54) is 16.7 Å². The molecule has 0 unspecified atom stereocenters. The molecular weight excluding hydrogens is 247 g/mol. The molecule has 0 fully saturated rings. The van der Waals surface area contributed by atoms with Crippen LogP contribution in [0, 0.1) is 5.82 Å². The third-order valence-corrected chi connectivity index (χ3v) is 2.83. The van der Waals surface area contributed by atoms with E-state index in [9.17, 15) is 9.18 Å². The summed E-state index contributed by atoms with van der Waals surface area (Å²) in [5.41, 5.74) is 0.310. The van der Waals surface area contributed by atoms with Crippen LogP contribution < -0.4 is 5.76 Å². The van der Waals surface area contributed by atoms with E-state index in [1.54, 1.807) is 13.0 Å². The highest BCUT2D eigenvalue weighted by atomic mass is 35.5. The number of benzene rings is 1. The molecule has 90 valence electrons. The van der Waals surface area contributed by atoms with Crippen LogP contribution in [-0.2, 0) is 13.0 Å². The SMILES string of the molecule is CCn1c(Cc2c(F)cccc2Cl)noc1=O. The molecule has 2 aromatic rings. The van der Waals surface area contributed by atoms with Gasteiger partial charge < -0.3 is 0 Å². The van der Waals surface area contributed by atoms with Crippen molar-refractivity contribution in [2.75, 3.05) is 0 Å². The maximum absolute atomic E-state index is 13.5. The highest BCUT2D eigenvalue weighted by Gasteiger charge is 2.14. The fraction of sp³-hybridized carbons (Fsp3) is 0.273. The Kier molecular flexibility index (Phi) is 3.28. The number of rotatable bonds is 3. The minimum Gasteiger partial charge on any atom is -0.296 e. The van der Waals surface area contributed by atoms with Crippen LogP contribution >= 0.6 is 11.6 Å². The van der Waals surface area contributed by atoms with Crippen LogP contribution in [0.3, 0.4) is 0 Å². The van der Waals surface area contributed by atoms with Crippen molar-refractivity contribution >= 4 is 11.6 Å². The Morgan fingerprint density at radius 1 is 1.53 bits per heavy atom. The molecule has 0 radical (unpaired) electrons. The van der Waals surface area contributed by atoms with E-state index in [4.69, 9.17) is 11.6 Å². The van der Waals surface area contributed by atoms with Gasteiger partial charge in [0.25, 0.3) is 0 Å². The molecule has 4 nitrogen and oxygen atoms in total. The van der Waals surface area contributed by atoms with E-state index in [2.05, 4.69) is 9.68 Å². The van der Waals surface area contributed by atoms with E-state index in [1.807, 2.05) is 0 Å². The molecule has 0 aliphatic heterocycles. The number of nitrogens with zero attached hydrogens (tertiary/aromatic N) is 2. The van der Waals surface area contributed by atoms with Gasteiger partial charge in [0, 0.05) is 23.6 Å². The molecule has 0 aliphatic carbocycles. The smallest absolute Gasteiger partial charge is 0.296 e. The number of hydrogen-bond donors (Lipinski definition) is 0. The second-order valence-corrected chi connectivity index (χ2v) is 3.89. The Bertz CT molecular complexity index is 571. The van der Waals surface area contributed by atoms with Gasteiger partial charge in [-0.2, -0.15) is 0 Å². The average Bonchev–Trinajstić information content (AvgIpc) is 2.64. The zero-order chi connectivity index (χ0) is 12.4. The molecule has 0 aliphatic rings. The average molecular weight is 257 g/mol. The summed E-state index contributed by atoms with van der Waals surface area (Å²) in [6, 6.07) is 4.43. The first-order chi connectivity index (χ1) is 8.13. The molecule has 0 atom stereocenters. The Balaban J connectivity index is 2.41. The summed E-state index contributed by atoms with van der Waals surface area (Å²) in [5.74, 6) is -0.602. The van der Waals surface area contributed by atoms with Gasteiger partial charge in [-0.25, -0.2) is 9.18 Å². The van der Waals surface area contributed by atoms with E-state index in [0.717, 1.165) is 0 Å². The number of aromatic nitrogens is 2. The fourth-order valence-electron chi connectivity index (χ4n) is 1.59. The Hall–Kier alpha value is -1.62. The third-order valence-electron chi connectivity index (χ3n) is 2.47. The first-order valence-corrected chi connectivity index (χ1v) is 5.49. The second-order valence-electron chi connectivity index (χ2n) is 3.49. The molecular formula is C11H10ClFN2O2. The van der Waals surface area contributed by atoms with Crippen LogP contribution in [-0.4, -0.2) is 9.72 Å². The lowest BCUT2D eigenvalue weighted by Gasteiger charge is -2.05. The van der Waals surface area contributed by atoms with Crippen molar-refractivity contribution in [1.82, 2.24) is 9.72 Å². The van der Waals surface area contributed by atoms with Crippen LogP contribution in [0.4, 0.5) is 4.39 Å². The van der Waals surface area contributed by atoms with Crippen molar-refractivity contribution in [3.63, 3.8) is 0 Å². The van der Waals surface area contributed by atoms with Crippen LogP contribution in [0.5, 0.6) is 0 Å². The highest BCUT2D eigenvalue weighted by Crippen LogP contribution is 2.21. The third kappa shape index (κ3) is 2.24. The Labute approximate surface area is 102 Å². The van der Waals surface area contributed by atoms with Gasteiger partial charge in [0.05, 0.1) is 0 Å². The molecule has 0 spiro atoms. The summed E-state index contributed by atoms with van der Waals surface area (Å²) in [6.45, 7) is 2.20. The molecule has 17 heavy (non-hydrogen) atoms. The normalized spacial score (nSPS) is 10.8. The van der Waals surface area contributed by atoms with Gasteiger partial charge >= 0.3 is 5.76 Å². The summed E-state index contributed by atoms with van der Waals surface area (Å²) < 4.78 is 19.4. The summed E-state index contributed by atoms with van der Waals surface area (Å²) >= 11 is 5.90. The molecule has 0 amide bonds. The monoisotopic (exact) mass is 256 g/mol. The minimum atomic E-state index is -0.546. The summed E-state index contributed by atoms with van der Waals surface area (Å²) in [6.07, 6.45) is 0.130. The van der Waals surface area contributed by atoms with Crippen LogP contribution in [0.1, 0.15) is 18.3 Å². The highest BCUT2D eigenvalue weighted by molar-refractivity contribution is 6.31. The van der Waals surface area contributed by atoms with Crippen LogP contribution in [0.2, 0.25) is 5.02 Å². The topological polar surface area (TPSA) is 48.0 Å². The van der Waals surface area contributed by atoms with E-state index < -0.39 is 11.6 Å². The lowest BCUT2D eigenvalue weighted by atomic mass is 10.1. The molecule has 1 aromatic carbocycles. The predicted molar refractivity (Wildman–Crippen MR) is 60.7 cm³/mol. The van der Waals surface area contributed by atoms with Gasteiger partial charge in [-0.15, -0.1) is 0 Å². The van der Waals surface area contributed by atoms with Gasteiger partial charge in [-0.05, 0) is 19.1 Å². The van der Waals surface area contributed by atoms with Crippen LogP contribution in [0.15, 0.2) is 27.5 Å². The summed E-state index contributed by atoms with van der Waals surface area (Å²) in [7, 11) is 0. The molecule has 0 saturated heterocycles. The molecule has 2 rings (SSSR count). The number of hydrogen-bond acceptors (Lipinski definition) is 3. The quantitative estimate of drug-likeness (QED) is 0.846. The molecule has 1 aromatic heterocycles. The molecule has 0 N–H and O–H groups in total. The van der Waals surface area contributed by atoms with E-state index in [-0.39, 0.29) is 6.42 Å². The van der Waals surface area contributed by atoms with Crippen molar-refractivity contribution in [3.8, 4) is 0 Å². The van der Waals surface area contributed by atoms with Gasteiger partial charge in [0.2, 0.25) is 0 Å². The van der Waals surface area contributed by atoms with Gasteiger partial charge in [-0.1, -0.05) is 22.8 Å². The standard InChI is InChI=1S/C11H10ClFN2O2/c1-2-15-10(14-17-11(15)16)6-7-8(12)4-3-5-9(7)13/h3-5H,2,6H2,1H3. The zero-order valence-corrected chi connectivity index (χ0v) is 9.87. The molecule has 1 heterocycles. The van der Waals surface area contributed by atoms with Gasteiger partial charge in [0.1, 0.15) is 5.82 Å². The maximum atomic E-state index is 13.5. The van der Waals surface area contributed by atoms with Gasteiger partial charge in [0.15, 0.2) is 5.82 Å². The van der Waals surface area contributed by atoms with E-state index in [0.29, 0.717) is 23.0 Å². The molecule has 6 heteroatoms. The van der Waals surface area contributed by atoms with Crippen molar-refractivity contribution < 1.29 is 8.91 Å². The first-order valence-electron chi connectivity index (χ1n) is 5.11. The first kappa shape index (κ1) is 11.9. The summed E-state index contributed by atoms with van der Waals surface area (Å²) in [4.78, 5) is 11.2. The minimum absolute atomic E-state index is 0.130. The van der Waals surface area contributed by atoms with Crippen molar-refractivity contribution in [2.45, 2.75) is 19.9 Å². The Morgan fingerprint density at radius 2 is 2.29 bits per heavy atom. The van der Waals surface area contributed by atoms with Crippen molar-refractivity contribution in [2.24, 2.45) is 0 Å². The molecule has 0 bridgehead atoms. The van der Waals surface area contributed by atoms with E-state index >= 15 is 0 Å². The number of halogens is 2. The van der Waals surface area contributed by atoms with Gasteiger partial charge in [-0.3, -0.25) is 9.09 Å². The lowest BCUT2D eigenvalue weighted by Crippen LogP contribution is -2.16. The van der Waals surface area contributed by atoms with Crippen molar-refractivity contribution in [3.05, 3.63) is 51.0 Å².